The van der Waals surface area contributed by atoms with Crippen LogP contribution in [0.1, 0.15) is 105 Å². The van der Waals surface area contributed by atoms with Gasteiger partial charge < -0.3 is 5.11 Å². The average molecular weight is 401 g/mol. The second-order valence-corrected chi connectivity index (χ2v) is 12.6. The number of carbonyl (C=O) groups excluding carboxylic acids is 1. The number of carbonyl (C=O) groups is 1. The van der Waals surface area contributed by atoms with E-state index in [1.54, 1.807) is 0 Å². The van der Waals surface area contributed by atoms with Gasteiger partial charge in [0.05, 0.1) is 5.60 Å². The molecule has 0 aromatic heterocycles. The van der Waals surface area contributed by atoms with Gasteiger partial charge >= 0.3 is 0 Å². The van der Waals surface area contributed by atoms with Crippen molar-refractivity contribution in [2.45, 2.75) is 110 Å². The molecule has 0 heterocycles. The van der Waals surface area contributed by atoms with Crippen molar-refractivity contribution in [2.24, 2.45) is 52.3 Å². The minimum atomic E-state index is -0.392. The predicted octanol–water partition coefficient (Wildman–Crippen LogP) is 6.40. The monoisotopic (exact) mass is 400 g/mol. The lowest BCUT2D eigenvalue weighted by atomic mass is 9.43. The summed E-state index contributed by atoms with van der Waals surface area (Å²) in [4.78, 5) is 12.9. The fraction of sp³-hybridized carbons (Fsp3) is 0.963. The highest BCUT2D eigenvalue weighted by molar-refractivity contribution is 5.85. The topological polar surface area (TPSA) is 37.3 Å². The SMILES string of the molecule is CC[C@@]1(O)CC[C@@]2(C)[C@H](CC[C@@H]3[C@@H]2CC[C@]2(C)[C@@H]([C@H](C)C(=O)C4CC4)CC[C@@H]32)C1. The van der Waals surface area contributed by atoms with Crippen LogP contribution in [0.15, 0.2) is 0 Å². The molecule has 1 N–H and O–H groups in total. The van der Waals surface area contributed by atoms with Crippen LogP contribution in [-0.4, -0.2) is 16.5 Å². The van der Waals surface area contributed by atoms with Crippen LogP contribution in [-0.2, 0) is 4.79 Å². The van der Waals surface area contributed by atoms with Gasteiger partial charge in [-0.2, -0.15) is 0 Å². The Balaban J connectivity index is 1.36. The third-order valence-corrected chi connectivity index (χ3v) is 11.6. The van der Waals surface area contributed by atoms with E-state index in [9.17, 15) is 9.90 Å². The van der Waals surface area contributed by atoms with E-state index in [2.05, 4.69) is 27.7 Å². The highest BCUT2D eigenvalue weighted by Crippen LogP contribution is 2.69. The molecule has 29 heavy (non-hydrogen) atoms. The average Bonchev–Trinajstić information content (AvgIpc) is 3.49. The molecular formula is C27H44O2. The van der Waals surface area contributed by atoms with Gasteiger partial charge in [-0.25, -0.2) is 0 Å². The van der Waals surface area contributed by atoms with Crippen LogP contribution in [0.2, 0.25) is 0 Å². The van der Waals surface area contributed by atoms with E-state index in [0.717, 1.165) is 55.8 Å². The molecule has 0 saturated heterocycles. The Hall–Kier alpha value is -0.370. The third-order valence-electron chi connectivity index (χ3n) is 11.6. The summed E-state index contributed by atoms with van der Waals surface area (Å²) in [7, 11) is 0. The van der Waals surface area contributed by atoms with E-state index in [0.29, 0.717) is 28.4 Å². The van der Waals surface area contributed by atoms with E-state index >= 15 is 0 Å². The number of fused-ring (bicyclic) bond motifs is 5. The number of ketones is 1. The van der Waals surface area contributed by atoms with Gasteiger partial charge in [0.2, 0.25) is 0 Å². The smallest absolute Gasteiger partial charge is 0.139 e. The summed E-state index contributed by atoms with van der Waals surface area (Å²) >= 11 is 0. The molecule has 5 rings (SSSR count). The van der Waals surface area contributed by atoms with Crippen molar-refractivity contribution in [2.75, 3.05) is 0 Å². The van der Waals surface area contributed by atoms with Gasteiger partial charge in [-0.05, 0) is 117 Å². The van der Waals surface area contributed by atoms with Gasteiger partial charge in [-0.1, -0.05) is 27.7 Å². The Morgan fingerprint density at radius 1 is 0.931 bits per heavy atom. The van der Waals surface area contributed by atoms with Crippen molar-refractivity contribution in [3.05, 3.63) is 0 Å². The van der Waals surface area contributed by atoms with Gasteiger partial charge in [0.1, 0.15) is 5.78 Å². The fourth-order valence-electron chi connectivity index (χ4n) is 9.44. The van der Waals surface area contributed by atoms with Crippen LogP contribution in [0.4, 0.5) is 0 Å². The van der Waals surface area contributed by atoms with E-state index in [4.69, 9.17) is 0 Å². The summed E-state index contributed by atoms with van der Waals surface area (Å²) in [6.45, 7) is 9.62. The summed E-state index contributed by atoms with van der Waals surface area (Å²) in [6, 6.07) is 0. The fourth-order valence-corrected chi connectivity index (χ4v) is 9.44. The highest BCUT2D eigenvalue weighted by Gasteiger charge is 2.62. The number of aliphatic hydroxyl groups is 1. The van der Waals surface area contributed by atoms with Crippen molar-refractivity contribution in [1.82, 2.24) is 0 Å². The first-order valence-electron chi connectivity index (χ1n) is 13.0. The molecule has 5 fully saturated rings. The summed E-state index contributed by atoms with van der Waals surface area (Å²) < 4.78 is 0. The molecule has 0 bridgehead atoms. The second kappa shape index (κ2) is 6.81. The van der Waals surface area contributed by atoms with Crippen molar-refractivity contribution in [3.63, 3.8) is 0 Å². The number of hydrogen-bond donors (Lipinski definition) is 1. The normalized spacial score (nSPS) is 52.9. The zero-order chi connectivity index (χ0) is 20.6. The van der Waals surface area contributed by atoms with Gasteiger partial charge in [0.25, 0.3) is 0 Å². The molecule has 0 spiro atoms. The first kappa shape index (κ1) is 20.5. The van der Waals surface area contributed by atoms with Crippen LogP contribution in [0, 0.1) is 52.3 Å². The summed E-state index contributed by atoms with van der Waals surface area (Å²) in [5, 5.41) is 11.0. The predicted molar refractivity (Wildman–Crippen MR) is 117 cm³/mol. The minimum absolute atomic E-state index is 0.287. The number of rotatable bonds is 4. The Bertz CT molecular complexity index is 667. The quantitative estimate of drug-likeness (QED) is 0.592. The van der Waals surface area contributed by atoms with E-state index in [1.165, 1.54) is 44.9 Å². The molecule has 0 radical (unpaired) electrons. The molecule has 5 aliphatic rings. The minimum Gasteiger partial charge on any atom is -0.390 e. The molecule has 2 heteroatoms. The maximum atomic E-state index is 12.9. The Kier molecular flexibility index (Phi) is 4.82. The maximum Gasteiger partial charge on any atom is 0.139 e. The summed E-state index contributed by atoms with van der Waals surface area (Å²) in [5.41, 5.74) is 0.448. The van der Waals surface area contributed by atoms with Gasteiger partial charge in [0, 0.05) is 11.8 Å². The van der Waals surface area contributed by atoms with Crippen molar-refractivity contribution >= 4 is 5.78 Å². The Morgan fingerprint density at radius 3 is 2.34 bits per heavy atom. The highest BCUT2D eigenvalue weighted by atomic mass is 16.3. The lowest BCUT2D eigenvalue weighted by molar-refractivity contribution is -0.154. The van der Waals surface area contributed by atoms with Crippen LogP contribution >= 0.6 is 0 Å². The first-order valence-corrected chi connectivity index (χ1v) is 13.0. The van der Waals surface area contributed by atoms with Crippen LogP contribution in [0.5, 0.6) is 0 Å². The van der Waals surface area contributed by atoms with Gasteiger partial charge in [-0.3, -0.25) is 4.79 Å². The molecule has 0 aliphatic heterocycles. The summed E-state index contributed by atoms with van der Waals surface area (Å²) in [6.07, 6.45) is 14.6. The molecule has 0 aromatic carbocycles. The largest absolute Gasteiger partial charge is 0.390 e. The van der Waals surface area contributed by atoms with Crippen molar-refractivity contribution in [3.8, 4) is 0 Å². The summed E-state index contributed by atoms with van der Waals surface area (Å²) in [5.74, 6) is 5.22. The molecule has 0 unspecified atom stereocenters. The molecule has 9 atom stereocenters. The zero-order valence-corrected chi connectivity index (χ0v) is 19.4. The Labute approximate surface area is 178 Å². The molecule has 0 aromatic rings. The first-order chi connectivity index (χ1) is 13.7. The molecule has 5 saturated carbocycles. The molecule has 0 amide bonds. The standard InChI is InChI=1S/C27H44O2/c1-5-27(29)15-14-25(3)19(16-27)8-9-20-22-11-10-21(17(2)24(28)18-6-7-18)26(22,4)13-12-23(20)25/h17-23,29H,5-16H2,1-4H3/t17-,19+,20-,21+,22-,23-,25-,26+,27+/m0/s1. The second-order valence-electron chi connectivity index (χ2n) is 12.6. The van der Waals surface area contributed by atoms with Gasteiger partial charge in [0.15, 0.2) is 0 Å². The van der Waals surface area contributed by atoms with E-state index in [1.807, 2.05) is 0 Å². The lowest BCUT2D eigenvalue weighted by Crippen LogP contribution is -2.56. The number of Topliss-reactive ketones (excluding diaryl/α,β-unsaturated/α-hetero) is 1. The van der Waals surface area contributed by atoms with Crippen LogP contribution < -0.4 is 0 Å². The van der Waals surface area contributed by atoms with Crippen molar-refractivity contribution in [1.29, 1.82) is 0 Å². The Morgan fingerprint density at radius 2 is 1.66 bits per heavy atom. The number of hydrogen-bond acceptors (Lipinski definition) is 2. The maximum absolute atomic E-state index is 12.9. The molecule has 5 aliphatic carbocycles. The van der Waals surface area contributed by atoms with E-state index < -0.39 is 5.60 Å². The van der Waals surface area contributed by atoms with Crippen LogP contribution in [0.25, 0.3) is 0 Å². The lowest BCUT2D eigenvalue weighted by Gasteiger charge is -2.62. The van der Waals surface area contributed by atoms with Crippen molar-refractivity contribution < 1.29 is 9.90 Å². The van der Waals surface area contributed by atoms with Gasteiger partial charge in [-0.15, -0.1) is 0 Å². The molecule has 164 valence electrons. The third kappa shape index (κ3) is 3.01. The van der Waals surface area contributed by atoms with Crippen LogP contribution in [0.3, 0.4) is 0 Å². The molecule has 2 nitrogen and oxygen atoms in total. The molecular weight excluding hydrogens is 356 g/mol. The van der Waals surface area contributed by atoms with E-state index in [-0.39, 0.29) is 5.92 Å². The zero-order valence-electron chi connectivity index (χ0n) is 19.4.